The molecule has 1 heterocycles. The zero-order chi connectivity index (χ0) is 19.9. The van der Waals surface area contributed by atoms with Gasteiger partial charge in [0.05, 0.1) is 17.4 Å². The number of halogens is 4. The van der Waals surface area contributed by atoms with Gasteiger partial charge in [0.1, 0.15) is 5.82 Å². The number of carboxylic acid groups (broad SMARTS) is 1. The smallest absolute Gasteiger partial charge is 0.435 e. The lowest BCUT2D eigenvalue weighted by Crippen LogP contribution is -2.41. The number of nitrogens with zero attached hydrogens (tertiary/aromatic N) is 2. The number of amides is 1. The lowest BCUT2D eigenvalue weighted by atomic mass is 9.73. The van der Waals surface area contributed by atoms with Crippen LogP contribution in [0.2, 0.25) is 0 Å². The highest BCUT2D eigenvalue weighted by Crippen LogP contribution is 2.42. The van der Waals surface area contributed by atoms with Crippen LogP contribution in [-0.2, 0) is 22.8 Å². The van der Waals surface area contributed by atoms with Gasteiger partial charge in [0.15, 0.2) is 5.69 Å². The number of carbonyl (C=O) groups excluding carboxylic acids is 1. The van der Waals surface area contributed by atoms with Crippen LogP contribution >= 0.6 is 15.9 Å². The molecule has 1 aromatic carbocycles. The number of benzene rings is 1. The summed E-state index contributed by atoms with van der Waals surface area (Å²) in [6, 6.07) is 6.13. The number of aryl methyl sites for hydroxylation is 1. The molecule has 1 aliphatic carbocycles. The van der Waals surface area contributed by atoms with E-state index in [0.29, 0.717) is 17.3 Å². The second kappa shape index (κ2) is 6.99. The molecule has 1 amide bonds. The maximum atomic E-state index is 13.5. The third kappa shape index (κ3) is 3.71. The van der Waals surface area contributed by atoms with Gasteiger partial charge in [-0.3, -0.25) is 14.3 Å². The van der Waals surface area contributed by atoms with E-state index in [9.17, 15) is 22.8 Å². The van der Waals surface area contributed by atoms with Crippen LogP contribution in [0, 0.1) is 11.8 Å². The maximum Gasteiger partial charge on any atom is 0.435 e. The summed E-state index contributed by atoms with van der Waals surface area (Å²) < 4.78 is 42.1. The minimum atomic E-state index is -4.72. The van der Waals surface area contributed by atoms with Gasteiger partial charge in [0.2, 0.25) is 5.91 Å². The largest absolute Gasteiger partial charge is 0.481 e. The van der Waals surface area contributed by atoms with Gasteiger partial charge in [-0.25, -0.2) is 0 Å². The average Bonchev–Trinajstić information content (AvgIpc) is 2.83. The first kappa shape index (κ1) is 19.4. The molecule has 0 radical (unpaired) electrons. The Hall–Kier alpha value is -2.36. The molecule has 6 nitrogen and oxygen atoms in total. The van der Waals surface area contributed by atoms with Gasteiger partial charge in [-0.2, -0.15) is 18.3 Å². The quantitative estimate of drug-likeness (QED) is 0.746. The van der Waals surface area contributed by atoms with E-state index in [1.54, 1.807) is 12.1 Å². The molecule has 0 bridgehead atoms. The third-order valence-electron chi connectivity index (χ3n) is 4.62. The van der Waals surface area contributed by atoms with Gasteiger partial charge in [0, 0.05) is 11.5 Å². The van der Waals surface area contributed by atoms with Crippen LogP contribution in [0.25, 0.3) is 11.1 Å². The summed E-state index contributed by atoms with van der Waals surface area (Å²) in [4.78, 5) is 23.6. The van der Waals surface area contributed by atoms with Crippen molar-refractivity contribution in [2.24, 2.45) is 18.9 Å². The lowest BCUT2D eigenvalue weighted by molar-refractivity contribution is -0.151. The first-order chi connectivity index (χ1) is 12.6. The fourth-order valence-electron chi connectivity index (χ4n) is 3.07. The monoisotopic (exact) mass is 445 g/mol. The van der Waals surface area contributed by atoms with Crippen LogP contribution < -0.4 is 5.32 Å². The Labute approximate surface area is 160 Å². The van der Waals surface area contributed by atoms with E-state index >= 15 is 0 Å². The molecule has 0 spiro atoms. The normalized spacial score (nSPS) is 19.4. The third-order valence-corrected chi connectivity index (χ3v) is 5.15. The van der Waals surface area contributed by atoms with Crippen LogP contribution in [0.3, 0.4) is 0 Å². The Morgan fingerprint density at radius 2 is 1.81 bits per heavy atom. The summed E-state index contributed by atoms with van der Waals surface area (Å²) in [5.74, 6) is -3.43. The van der Waals surface area contributed by atoms with Crippen molar-refractivity contribution < 1.29 is 27.9 Å². The molecule has 2 N–H and O–H groups in total. The first-order valence-electron chi connectivity index (χ1n) is 8.03. The summed E-state index contributed by atoms with van der Waals surface area (Å²) in [7, 11) is 1.29. The molecule has 1 saturated carbocycles. The van der Waals surface area contributed by atoms with Crippen molar-refractivity contribution >= 4 is 33.6 Å². The number of aromatic nitrogens is 2. The molecule has 1 fully saturated rings. The van der Waals surface area contributed by atoms with Crippen molar-refractivity contribution in [3.8, 4) is 11.1 Å². The second-order valence-electron chi connectivity index (χ2n) is 6.32. The number of nitrogens with one attached hydrogen (secondary N) is 1. The van der Waals surface area contributed by atoms with Crippen LogP contribution in [0.15, 0.2) is 28.7 Å². The highest BCUT2D eigenvalue weighted by atomic mass is 79.9. The fraction of sp³-hybridized carbons (Fsp3) is 0.353. The van der Waals surface area contributed by atoms with Crippen molar-refractivity contribution in [2.45, 2.75) is 19.0 Å². The van der Waals surface area contributed by atoms with E-state index in [-0.39, 0.29) is 16.9 Å². The Balaban J connectivity index is 2.02. The molecule has 10 heteroatoms. The Kier molecular flexibility index (Phi) is 5.02. The summed E-state index contributed by atoms with van der Waals surface area (Å²) in [6.07, 6.45) is -3.98. The molecule has 144 valence electrons. The topological polar surface area (TPSA) is 84.2 Å². The fourth-order valence-corrected chi connectivity index (χ4v) is 3.34. The lowest BCUT2D eigenvalue weighted by Gasteiger charge is -2.32. The van der Waals surface area contributed by atoms with Crippen LogP contribution in [0.4, 0.5) is 19.0 Å². The summed E-state index contributed by atoms with van der Waals surface area (Å²) >= 11 is 3.23. The predicted molar refractivity (Wildman–Crippen MR) is 93.8 cm³/mol. The van der Waals surface area contributed by atoms with Crippen LogP contribution in [0.5, 0.6) is 0 Å². The number of alkyl halides is 3. The molecular formula is C17H15BrF3N3O3. The minimum absolute atomic E-state index is 0.120. The number of hydrogen-bond acceptors (Lipinski definition) is 3. The van der Waals surface area contributed by atoms with Gasteiger partial charge in [-0.05, 0) is 30.5 Å². The number of carbonyl (C=O) groups is 2. The first-order valence-corrected chi connectivity index (χ1v) is 8.82. The molecule has 2 aromatic rings. The maximum absolute atomic E-state index is 13.5. The molecule has 0 aliphatic heterocycles. The van der Waals surface area contributed by atoms with Gasteiger partial charge >= 0.3 is 12.1 Å². The summed E-state index contributed by atoms with van der Waals surface area (Å²) in [5, 5.41) is 15.1. The number of aliphatic carboxylic acids is 1. The Bertz CT molecular complexity index is 893. The second-order valence-corrected chi connectivity index (χ2v) is 7.23. The van der Waals surface area contributed by atoms with Gasteiger partial charge < -0.3 is 10.4 Å². The van der Waals surface area contributed by atoms with E-state index in [1.807, 2.05) is 0 Å². The Morgan fingerprint density at radius 1 is 1.22 bits per heavy atom. The van der Waals surface area contributed by atoms with E-state index in [4.69, 9.17) is 5.11 Å². The Morgan fingerprint density at radius 3 is 2.30 bits per heavy atom. The SMILES string of the molecule is Cn1nc(C(F)(F)F)c(-c2ccc(Br)cc2)c1NC(=O)[C@@H]1CC[C@H]1C(=O)O. The zero-order valence-electron chi connectivity index (χ0n) is 14.0. The molecule has 27 heavy (non-hydrogen) atoms. The van der Waals surface area contributed by atoms with Gasteiger partial charge in [0.25, 0.3) is 0 Å². The van der Waals surface area contributed by atoms with Crippen molar-refractivity contribution in [1.29, 1.82) is 0 Å². The molecule has 3 rings (SSSR count). The number of carboxylic acids is 1. The highest BCUT2D eigenvalue weighted by molar-refractivity contribution is 9.10. The number of hydrogen-bond donors (Lipinski definition) is 2. The van der Waals surface area contributed by atoms with Gasteiger partial charge in [-0.15, -0.1) is 0 Å². The van der Waals surface area contributed by atoms with E-state index < -0.39 is 35.6 Å². The molecule has 2 atom stereocenters. The van der Waals surface area contributed by atoms with Crippen LogP contribution in [0.1, 0.15) is 18.5 Å². The van der Waals surface area contributed by atoms with Crippen molar-refractivity contribution in [1.82, 2.24) is 9.78 Å². The van der Waals surface area contributed by atoms with E-state index in [1.165, 1.54) is 19.2 Å². The van der Waals surface area contributed by atoms with Crippen molar-refractivity contribution in [3.05, 3.63) is 34.4 Å². The van der Waals surface area contributed by atoms with Crippen LogP contribution in [-0.4, -0.2) is 26.8 Å². The molecule has 0 saturated heterocycles. The van der Waals surface area contributed by atoms with Gasteiger partial charge in [-0.1, -0.05) is 28.1 Å². The van der Waals surface area contributed by atoms with E-state index in [0.717, 1.165) is 4.68 Å². The number of anilines is 1. The van der Waals surface area contributed by atoms with Crippen molar-refractivity contribution in [3.63, 3.8) is 0 Å². The summed E-state index contributed by atoms with van der Waals surface area (Å²) in [6.45, 7) is 0. The number of rotatable bonds is 4. The van der Waals surface area contributed by atoms with E-state index in [2.05, 4.69) is 26.3 Å². The molecule has 1 aromatic heterocycles. The standard InChI is InChI=1S/C17H15BrF3N3O3/c1-24-14(22-15(25)10-6-7-11(10)16(26)27)12(13(23-24)17(19,20)21)8-2-4-9(18)5-3-8/h2-5,10-11H,6-7H2,1H3,(H,22,25)(H,26,27)/t10-,11-/m1/s1. The predicted octanol–water partition coefficient (Wildman–Crippen LogP) is 3.92. The molecular weight excluding hydrogens is 431 g/mol. The highest BCUT2D eigenvalue weighted by Gasteiger charge is 2.43. The zero-order valence-corrected chi connectivity index (χ0v) is 15.6. The average molecular weight is 446 g/mol. The minimum Gasteiger partial charge on any atom is -0.481 e. The summed E-state index contributed by atoms with van der Waals surface area (Å²) in [5.41, 5.74) is -1.14. The van der Waals surface area contributed by atoms with Crippen molar-refractivity contribution in [2.75, 3.05) is 5.32 Å². The molecule has 0 unspecified atom stereocenters. The molecule has 1 aliphatic rings.